The van der Waals surface area contributed by atoms with Crippen LogP contribution < -0.4 is 10.9 Å². The third kappa shape index (κ3) is 5.60. The number of hydrazine groups is 1. The fourth-order valence-electron chi connectivity index (χ4n) is 1.70. The van der Waals surface area contributed by atoms with Crippen molar-refractivity contribution in [1.82, 2.24) is 15.8 Å². The van der Waals surface area contributed by atoms with Crippen molar-refractivity contribution in [1.29, 1.82) is 0 Å². The molecule has 0 aliphatic heterocycles. The number of nitrogens with one attached hydrogen (secondary N) is 2. The van der Waals surface area contributed by atoms with Crippen LogP contribution in [0.3, 0.4) is 0 Å². The standard InChI is InChI=1S/C15H13F2N3O4S/c1-8-7-25-14(18-8)5-12(21)19-20-13(22)6-24-15(23)10-3-2-9(16)4-11(10)17/h2-4,7H,5-6H2,1H3,(H,19,21)(H,20,22). The average Bonchev–Trinajstić information content (AvgIpc) is 2.95. The van der Waals surface area contributed by atoms with Gasteiger partial charge in [0.15, 0.2) is 6.61 Å². The number of aryl methyl sites for hydroxylation is 1. The summed E-state index contributed by atoms with van der Waals surface area (Å²) < 4.78 is 30.7. The van der Waals surface area contributed by atoms with Crippen LogP contribution in [-0.4, -0.2) is 29.4 Å². The molecule has 0 fully saturated rings. The lowest BCUT2D eigenvalue weighted by atomic mass is 10.2. The Hall–Kier alpha value is -2.88. The van der Waals surface area contributed by atoms with Crippen molar-refractivity contribution in [3.8, 4) is 0 Å². The van der Waals surface area contributed by atoms with Crippen LogP contribution >= 0.6 is 11.3 Å². The van der Waals surface area contributed by atoms with Gasteiger partial charge >= 0.3 is 5.97 Å². The van der Waals surface area contributed by atoms with Gasteiger partial charge in [-0.05, 0) is 19.1 Å². The predicted molar refractivity (Wildman–Crippen MR) is 83.5 cm³/mol. The Labute approximate surface area is 145 Å². The number of carbonyl (C=O) groups excluding carboxylic acids is 3. The second kappa shape index (κ2) is 8.29. The van der Waals surface area contributed by atoms with Crippen LogP contribution in [0.15, 0.2) is 23.6 Å². The summed E-state index contributed by atoms with van der Waals surface area (Å²) in [7, 11) is 0. The van der Waals surface area contributed by atoms with Gasteiger partial charge in [0.1, 0.15) is 16.6 Å². The fourth-order valence-corrected chi connectivity index (χ4v) is 2.48. The second-order valence-corrected chi connectivity index (χ2v) is 5.80. The lowest BCUT2D eigenvalue weighted by Crippen LogP contribution is -2.44. The Bertz CT molecular complexity index is 810. The molecule has 0 radical (unpaired) electrons. The molecule has 0 bridgehead atoms. The number of carbonyl (C=O) groups is 3. The SMILES string of the molecule is Cc1csc(CC(=O)NNC(=O)COC(=O)c2ccc(F)cc2F)n1. The van der Waals surface area contributed by atoms with Gasteiger partial charge in [-0.15, -0.1) is 11.3 Å². The Morgan fingerprint density at radius 3 is 2.56 bits per heavy atom. The fraction of sp³-hybridized carbons (Fsp3) is 0.200. The molecule has 7 nitrogen and oxygen atoms in total. The Morgan fingerprint density at radius 1 is 1.20 bits per heavy atom. The van der Waals surface area contributed by atoms with Crippen molar-refractivity contribution in [3.05, 3.63) is 51.5 Å². The first-order chi connectivity index (χ1) is 11.8. The summed E-state index contributed by atoms with van der Waals surface area (Å²) >= 11 is 1.31. The first-order valence-corrected chi connectivity index (χ1v) is 7.84. The molecular weight excluding hydrogens is 356 g/mol. The van der Waals surface area contributed by atoms with Gasteiger partial charge in [0.25, 0.3) is 5.91 Å². The minimum Gasteiger partial charge on any atom is -0.452 e. The van der Waals surface area contributed by atoms with Gasteiger partial charge in [0.2, 0.25) is 5.91 Å². The normalized spacial score (nSPS) is 10.2. The monoisotopic (exact) mass is 369 g/mol. The maximum atomic E-state index is 13.4. The molecule has 0 saturated carbocycles. The lowest BCUT2D eigenvalue weighted by Gasteiger charge is -2.08. The number of thiazole rings is 1. The van der Waals surface area contributed by atoms with E-state index in [1.807, 2.05) is 5.43 Å². The summed E-state index contributed by atoms with van der Waals surface area (Å²) in [5.41, 5.74) is 4.47. The van der Waals surface area contributed by atoms with Gasteiger partial charge in [0, 0.05) is 17.1 Å². The number of ether oxygens (including phenoxy) is 1. The molecule has 0 spiro atoms. The molecule has 0 aliphatic carbocycles. The number of benzene rings is 1. The molecule has 2 rings (SSSR count). The highest BCUT2D eigenvalue weighted by Crippen LogP contribution is 2.11. The molecule has 2 N–H and O–H groups in total. The summed E-state index contributed by atoms with van der Waals surface area (Å²) in [6.07, 6.45) is -0.0145. The number of esters is 1. The molecule has 2 amide bonds. The summed E-state index contributed by atoms with van der Waals surface area (Å²) in [6, 6.07) is 2.32. The third-order valence-electron chi connectivity index (χ3n) is 2.81. The smallest absolute Gasteiger partial charge is 0.341 e. The van der Waals surface area contributed by atoms with Crippen LogP contribution in [0.1, 0.15) is 21.1 Å². The van der Waals surface area contributed by atoms with E-state index in [9.17, 15) is 23.2 Å². The molecule has 0 unspecified atom stereocenters. The van der Waals surface area contributed by atoms with Crippen LogP contribution in [0.5, 0.6) is 0 Å². The van der Waals surface area contributed by atoms with Gasteiger partial charge in [-0.3, -0.25) is 20.4 Å². The van der Waals surface area contributed by atoms with Crippen LogP contribution in [0.2, 0.25) is 0 Å². The van der Waals surface area contributed by atoms with Gasteiger partial charge in [0.05, 0.1) is 12.0 Å². The van der Waals surface area contributed by atoms with E-state index in [2.05, 4.69) is 15.1 Å². The second-order valence-electron chi connectivity index (χ2n) is 4.86. The largest absolute Gasteiger partial charge is 0.452 e. The van der Waals surface area contributed by atoms with E-state index < -0.39 is 41.6 Å². The maximum Gasteiger partial charge on any atom is 0.341 e. The Balaban J connectivity index is 1.74. The van der Waals surface area contributed by atoms with Gasteiger partial charge in [-0.25, -0.2) is 18.6 Å². The van der Waals surface area contributed by atoms with Crippen LogP contribution in [0.25, 0.3) is 0 Å². The zero-order valence-corrected chi connectivity index (χ0v) is 13.8. The molecule has 10 heteroatoms. The van der Waals surface area contributed by atoms with E-state index >= 15 is 0 Å². The highest BCUT2D eigenvalue weighted by Gasteiger charge is 2.16. The Kier molecular flexibility index (Phi) is 6.12. The van der Waals surface area contributed by atoms with Gasteiger partial charge < -0.3 is 4.74 Å². The van der Waals surface area contributed by atoms with Gasteiger partial charge in [-0.1, -0.05) is 0 Å². The molecule has 25 heavy (non-hydrogen) atoms. The number of aromatic nitrogens is 1. The Morgan fingerprint density at radius 2 is 1.92 bits per heavy atom. The third-order valence-corrected chi connectivity index (χ3v) is 3.77. The van der Waals surface area contributed by atoms with Crippen LogP contribution in [-0.2, 0) is 20.7 Å². The minimum absolute atomic E-state index is 0.0145. The van der Waals surface area contributed by atoms with Crippen molar-refractivity contribution >= 4 is 29.1 Å². The molecule has 2 aromatic rings. The number of hydrogen-bond acceptors (Lipinski definition) is 6. The molecule has 0 atom stereocenters. The van der Waals surface area contributed by atoms with E-state index in [4.69, 9.17) is 0 Å². The first-order valence-electron chi connectivity index (χ1n) is 6.96. The van der Waals surface area contributed by atoms with E-state index in [-0.39, 0.29) is 6.42 Å². The summed E-state index contributed by atoms with van der Waals surface area (Å²) in [6.45, 7) is 1.05. The molecule has 0 aliphatic rings. The summed E-state index contributed by atoms with van der Waals surface area (Å²) in [4.78, 5) is 38.8. The van der Waals surface area contributed by atoms with Gasteiger partial charge in [-0.2, -0.15) is 0 Å². The van der Waals surface area contributed by atoms with Crippen LogP contribution in [0.4, 0.5) is 8.78 Å². The number of hydrogen-bond donors (Lipinski definition) is 2. The molecular formula is C15H13F2N3O4S. The molecule has 0 saturated heterocycles. The summed E-state index contributed by atoms with van der Waals surface area (Å²) in [5, 5.41) is 2.37. The van der Waals surface area contributed by atoms with E-state index in [0.717, 1.165) is 17.8 Å². The van der Waals surface area contributed by atoms with Crippen LogP contribution in [0, 0.1) is 18.6 Å². The zero-order valence-electron chi connectivity index (χ0n) is 13.0. The summed E-state index contributed by atoms with van der Waals surface area (Å²) in [5.74, 6) is -4.39. The molecule has 132 valence electrons. The number of rotatable bonds is 5. The van der Waals surface area contributed by atoms with Crippen molar-refractivity contribution < 1.29 is 27.9 Å². The maximum absolute atomic E-state index is 13.4. The molecule has 1 heterocycles. The van der Waals surface area contributed by atoms with E-state index in [0.29, 0.717) is 11.1 Å². The minimum atomic E-state index is -1.13. The molecule has 1 aromatic carbocycles. The first kappa shape index (κ1) is 18.5. The van der Waals surface area contributed by atoms with Crippen molar-refractivity contribution in [2.75, 3.05) is 6.61 Å². The lowest BCUT2D eigenvalue weighted by molar-refractivity contribution is -0.130. The highest BCUT2D eigenvalue weighted by atomic mass is 32.1. The van der Waals surface area contributed by atoms with Crippen molar-refractivity contribution in [2.45, 2.75) is 13.3 Å². The van der Waals surface area contributed by atoms with Crippen molar-refractivity contribution in [3.63, 3.8) is 0 Å². The van der Waals surface area contributed by atoms with E-state index in [1.54, 1.807) is 12.3 Å². The highest BCUT2D eigenvalue weighted by molar-refractivity contribution is 7.09. The van der Waals surface area contributed by atoms with Crippen molar-refractivity contribution in [2.24, 2.45) is 0 Å². The number of halogens is 2. The average molecular weight is 369 g/mol. The number of amides is 2. The number of nitrogens with zero attached hydrogens (tertiary/aromatic N) is 1. The topological polar surface area (TPSA) is 97.4 Å². The quantitative estimate of drug-likeness (QED) is 0.611. The predicted octanol–water partition coefficient (Wildman–Crippen LogP) is 1.28. The zero-order chi connectivity index (χ0) is 18.4. The van der Waals surface area contributed by atoms with E-state index in [1.165, 1.54) is 11.3 Å². The molecule has 1 aromatic heterocycles.